The second-order valence-corrected chi connectivity index (χ2v) is 7.80. The zero-order valence-electron chi connectivity index (χ0n) is 16.9. The number of rotatable bonds is 4. The highest BCUT2D eigenvalue weighted by molar-refractivity contribution is 6.31. The fourth-order valence-corrected chi connectivity index (χ4v) is 3.88. The van der Waals surface area contributed by atoms with E-state index in [2.05, 4.69) is 11.0 Å². The second kappa shape index (κ2) is 8.42. The molecule has 2 aromatic rings. The largest absolute Gasteiger partial charge is 0.384 e. The number of ketones is 1. The molecule has 29 heavy (non-hydrogen) atoms. The number of nitrogens with two attached hydrogens (primary N) is 1. The molecular weight excluding hydrogens is 394 g/mol. The van der Waals surface area contributed by atoms with E-state index >= 15 is 0 Å². The minimum atomic E-state index is -0.651. The van der Waals surface area contributed by atoms with Gasteiger partial charge in [0, 0.05) is 51.0 Å². The van der Waals surface area contributed by atoms with E-state index in [1.165, 1.54) is 14.1 Å². The van der Waals surface area contributed by atoms with Crippen molar-refractivity contribution in [2.45, 2.75) is 13.3 Å². The van der Waals surface area contributed by atoms with Crippen LogP contribution in [-0.2, 0) is 14.1 Å². The molecule has 1 aliphatic heterocycles. The van der Waals surface area contributed by atoms with Crippen molar-refractivity contribution in [2.75, 3.05) is 43.4 Å². The van der Waals surface area contributed by atoms with E-state index < -0.39 is 11.2 Å². The van der Waals surface area contributed by atoms with Crippen molar-refractivity contribution in [3.8, 4) is 0 Å². The fraction of sp³-hybridized carbons (Fsp3) is 0.450. The van der Waals surface area contributed by atoms with Crippen LogP contribution >= 0.6 is 11.6 Å². The van der Waals surface area contributed by atoms with Gasteiger partial charge in [-0.2, -0.15) is 0 Å². The molecule has 1 aromatic heterocycles. The molecule has 1 saturated heterocycles. The van der Waals surface area contributed by atoms with Crippen molar-refractivity contribution in [1.29, 1.82) is 0 Å². The zero-order chi connectivity index (χ0) is 21.3. The summed E-state index contributed by atoms with van der Waals surface area (Å²) in [4.78, 5) is 41.5. The highest BCUT2D eigenvalue weighted by atomic mass is 35.5. The summed E-state index contributed by atoms with van der Waals surface area (Å²) in [5, 5.41) is 0.736. The number of halogens is 1. The molecular formula is C20H26ClN5O3. The van der Waals surface area contributed by atoms with Crippen LogP contribution in [0.5, 0.6) is 0 Å². The van der Waals surface area contributed by atoms with Crippen LogP contribution in [0.3, 0.4) is 0 Å². The maximum absolute atomic E-state index is 12.9. The van der Waals surface area contributed by atoms with Gasteiger partial charge in [-0.3, -0.25) is 23.6 Å². The quantitative estimate of drug-likeness (QED) is 0.744. The first-order valence-corrected chi connectivity index (χ1v) is 9.91. The first-order chi connectivity index (χ1) is 13.7. The summed E-state index contributed by atoms with van der Waals surface area (Å²) >= 11 is 6.26. The lowest BCUT2D eigenvalue weighted by Crippen LogP contribution is -2.43. The van der Waals surface area contributed by atoms with Crippen molar-refractivity contribution >= 4 is 28.9 Å². The molecule has 3 rings (SSSR count). The normalized spacial score (nSPS) is 15.4. The van der Waals surface area contributed by atoms with Crippen LogP contribution in [-0.4, -0.2) is 52.5 Å². The monoisotopic (exact) mass is 419 g/mol. The summed E-state index contributed by atoms with van der Waals surface area (Å²) in [7, 11) is 2.79. The molecule has 2 N–H and O–H groups in total. The molecule has 1 fully saturated rings. The van der Waals surface area contributed by atoms with Gasteiger partial charge < -0.3 is 10.6 Å². The smallest absolute Gasteiger partial charge is 0.332 e. The van der Waals surface area contributed by atoms with Gasteiger partial charge in [-0.25, -0.2) is 4.79 Å². The van der Waals surface area contributed by atoms with Crippen LogP contribution in [0, 0.1) is 6.92 Å². The molecule has 0 aliphatic carbocycles. The van der Waals surface area contributed by atoms with Crippen LogP contribution in [0.1, 0.15) is 22.3 Å². The number of benzene rings is 1. The van der Waals surface area contributed by atoms with Gasteiger partial charge in [0.2, 0.25) is 0 Å². The Balaban J connectivity index is 1.76. The van der Waals surface area contributed by atoms with Crippen LogP contribution in [0.2, 0.25) is 5.02 Å². The molecule has 9 heteroatoms. The SMILES string of the molecule is Cc1c(Cl)cccc1N1CCCN(CC(=O)c2c(N)n(C)c(=O)n(C)c2=O)CC1. The minimum Gasteiger partial charge on any atom is -0.384 e. The fourth-order valence-electron chi connectivity index (χ4n) is 3.71. The third-order valence-corrected chi connectivity index (χ3v) is 5.93. The third-order valence-electron chi connectivity index (χ3n) is 5.52. The predicted molar refractivity (Wildman–Crippen MR) is 115 cm³/mol. The Bertz CT molecular complexity index is 1060. The number of nitrogen functional groups attached to an aromatic ring is 1. The first kappa shape index (κ1) is 21.1. The number of carbonyl (C=O) groups is 1. The van der Waals surface area contributed by atoms with Gasteiger partial charge in [0.05, 0.1) is 6.54 Å². The Labute approximate surface area is 174 Å². The van der Waals surface area contributed by atoms with Gasteiger partial charge in [-0.05, 0) is 31.0 Å². The van der Waals surface area contributed by atoms with Gasteiger partial charge >= 0.3 is 5.69 Å². The lowest BCUT2D eigenvalue weighted by atomic mass is 10.1. The molecule has 2 heterocycles. The molecule has 1 aromatic carbocycles. The Hall–Kier alpha value is -2.58. The number of hydrogen-bond donors (Lipinski definition) is 1. The Kier molecular flexibility index (Phi) is 6.14. The van der Waals surface area contributed by atoms with Crippen LogP contribution < -0.4 is 21.9 Å². The summed E-state index contributed by atoms with van der Waals surface area (Å²) in [6, 6.07) is 5.87. The third kappa shape index (κ3) is 4.09. The highest BCUT2D eigenvalue weighted by Gasteiger charge is 2.24. The topological polar surface area (TPSA) is 93.6 Å². The average molecular weight is 420 g/mol. The summed E-state index contributed by atoms with van der Waals surface area (Å²) in [6.07, 6.45) is 0.875. The number of aromatic nitrogens is 2. The van der Waals surface area contributed by atoms with E-state index in [-0.39, 0.29) is 23.7 Å². The van der Waals surface area contributed by atoms with E-state index in [9.17, 15) is 14.4 Å². The van der Waals surface area contributed by atoms with Gasteiger partial charge in [-0.1, -0.05) is 17.7 Å². The Morgan fingerprint density at radius 3 is 2.55 bits per heavy atom. The van der Waals surface area contributed by atoms with E-state index in [0.29, 0.717) is 6.54 Å². The number of hydrogen-bond acceptors (Lipinski definition) is 6. The number of carbonyl (C=O) groups excluding carboxylic acids is 1. The highest BCUT2D eigenvalue weighted by Crippen LogP contribution is 2.27. The molecule has 0 amide bonds. The summed E-state index contributed by atoms with van der Waals surface area (Å²) in [5.74, 6) is -0.458. The van der Waals surface area contributed by atoms with Crippen molar-refractivity contribution in [1.82, 2.24) is 14.0 Å². The Morgan fingerprint density at radius 2 is 1.83 bits per heavy atom. The zero-order valence-corrected chi connectivity index (χ0v) is 17.7. The molecule has 0 unspecified atom stereocenters. The van der Waals surface area contributed by atoms with Crippen LogP contribution in [0.4, 0.5) is 11.5 Å². The van der Waals surface area contributed by atoms with Crippen LogP contribution in [0.25, 0.3) is 0 Å². The predicted octanol–water partition coefficient (Wildman–Crippen LogP) is 1.02. The molecule has 156 valence electrons. The van der Waals surface area contributed by atoms with Crippen molar-refractivity contribution in [3.63, 3.8) is 0 Å². The molecule has 1 aliphatic rings. The van der Waals surface area contributed by atoms with Gasteiger partial charge in [0.1, 0.15) is 11.4 Å². The Morgan fingerprint density at radius 1 is 1.10 bits per heavy atom. The van der Waals surface area contributed by atoms with Gasteiger partial charge in [0.15, 0.2) is 5.78 Å². The number of anilines is 2. The van der Waals surface area contributed by atoms with E-state index in [1.54, 1.807) is 0 Å². The van der Waals surface area contributed by atoms with E-state index in [1.807, 2.05) is 24.0 Å². The maximum atomic E-state index is 12.9. The molecule has 0 bridgehead atoms. The number of Topliss-reactive ketones (excluding diaryl/α,β-unsaturated/α-hetero) is 1. The average Bonchev–Trinajstić information content (AvgIpc) is 2.92. The molecule has 0 saturated carbocycles. The van der Waals surface area contributed by atoms with Gasteiger partial charge in [0.25, 0.3) is 5.56 Å². The van der Waals surface area contributed by atoms with Crippen molar-refractivity contribution in [3.05, 3.63) is 55.2 Å². The first-order valence-electron chi connectivity index (χ1n) is 9.53. The molecule has 0 spiro atoms. The van der Waals surface area contributed by atoms with E-state index in [0.717, 1.165) is 51.5 Å². The lowest BCUT2D eigenvalue weighted by molar-refractivity contribution is 0.0933. The van der Waals surface area contributed by atoms with Crippen LogP contribution in [0.15, 0.2) is 27.8 Å². The lowest BCUT2D eigenvalue weighted by Gasteiger charge is -2.25. The second-order valence-electron chi connectivity index (χ2n) is 7.39. The molecule has 0 atom stereocenters. The summed E-state index contributed by atoms with van der Waals surface area (Å²) < 4.78 is 2.04. The van der Waals surface area contributed by atoms with Crippen molar-refractivity contribution < 1.29 is 4.79 Å². The molecule has 0 radical (unpaired) electrons. The minimum absolute atomic E-state index is 0.0833. The van der Waals surface area contributed by atoms with E-state index in [4.69, 9.17) is 17.3 Å². The number of nitrogens with zero attached hydrogens (tertiary/aromatic N) is 4. The maximum Gasteiger partial charge on any atom is 0.332 e. The standard InChI is InChI=1S/C20H26ClN5O3/c1-13-14(21)6-4-7-15(13)26-9-5-8-25(10-11-26)12-16(27)17-18(22)23(2)20(29)24(3)19(17)28/h4,6-7H,5,8-12,22H2,1-3H3. The summed E-state index contributed by atoms with van der Waals surface area (Å²) in [6.45, 7) is 5.09. The summed E-state index contributed by atoms with van der Waals surface area (Å²) in [5.41, 5.74) is 6.72. The van der Waals surface area contributed by atoms with Crippen molar-refractivity contribution in [2.24, 2.45) is 14.1 Å². The molecule has 8 nitrogen and oxygen atoms in total. The van der Waals surface area contributed by atoms with Gasteiger partial charge in [-0.15, -0.1) is 0 Å².